The van der Waals surface area contributed by atoms with Crippen LogP contribution in [0.15, 0.2) is 60.8 Å². The predicted octanol–water partition coefficient (Wildman–Crippen LogP) is 6.24. The maximum atomic E-state index is 13.0. The Balaban J connectivity index is 2.14. The van der Waals surface area contributed by atoms with E-state index in [2.05, 4.69) is 9.72 Å². The number of methoxy groups -OCH3 is 1. The largest absolute Gasteiger partial charge is 0.465 e. The van der Waals surface area contributed by atoms with Gasteiger partial charge in [-0.05, 0) is 35.9 Å². The quantitative estimate of drug-likeness (QED) is 0.368. The number of nitrogens with zero attached hydrogens (tertiary/aromatic N) is 1. The Labute approximate surface area is 166 Å². The van der Waals surface area contributed by atoms with Gasteiger partial charge in [0.2, 0.25) is 0 Å². The first-order valence-corrected chi connectivity index (χ1v) is 8.44. The van der Waals surface area contributed by atoms with Gasteiger partial charge in [-0.2, -0.15) is 26.3 Å². The minimum atomic E-state index is -4.60. The molecular weight excluding hydrogens is 412 g/mol. The van der Waals surface area contributed by atoms with Crippen LogP contribution in [0.5, 0.6) is 0 Å². The molecule has 0 aliphatic rings. The van der Waals surface area contributed by atoms with E-state index in [1.807, 2.05) is 0 Å². The van der Waals surface area contributed by atoms with Crippen molar-refractivity contribution in [1.29, 1.82) is 0 Å². The second kappa shape index (κ2) is 7.81. The summed E-state index contributed by atoms with van der Waals surface area (Å²) < 4.78 is 82.7. The van der Waals surface area contributed by atoms with Crippen molar-refractivity contribution in [2.75, 3.05) is 7.11 Å². The van der Waals surface area contributed by atoms with Crippen molar-refractivity contribution >= 4 is 5.97 Å². The number of pyridine rings is 1. The van der Waals surface area contributed by atoms with Crippen LogP contribution in [0.25, 0.3) is 22.4 Å². The highest BCUT2D eigenvalue weighted by atomic mass is 19.4. The molecule has 156 valence electrons. The van der Waals surface area contributed by atoms with Crippen molar-refractivity contribution in [2.45, 2.75) is 12.4 Å². The van der Waals surface area contributed by atoms with E-state index >= 15 is 0 Å². The summed E-state index contributed by atoms with van der Waals surface area (Å²) in [6.45, 7) is 0. The summed E-state index contributed by atoms with van der Waals surface area (Å²) in [5.41, 5.74) is -1.74. The first-order valence-electron chi connectivity index (χ1n) is 8.44. The van der Waals surface area contributed by atoms with Gasteiger partial charge in [-0.15, -0.1) is 0 Å². The minimum Gasteiger partial charge on any atom is -0.465 e. The number of hydrogen-bond donors (Lipinski definition) is 0. The van der Waals surface area contributed by atoms with Gasteiger partial charge in [0.15, 0.2) is 0 Å². The van der Waals surface area contributed by atoms with E-state index in [9.17, 15) is 31.1 Å². The van der Waals surface area contributed by atoms with Crippen molar-refractivity contribution in [3.05, 3.63) is 77.5 Å². The number of carbonyl (C=O) groups is 1. The molecule has 0 spiro atoms. The molecule has 1 heterocycles. The number of aromatic nitrogens is 1. The first kappa shape index (κ1) is 21.4. The van der Waals surface area contributed by atoms with Gasteiger partial charge in [-0.25, -0.2) is 4.79 Å². The van der Waals surface area contributed by atoms with Crippen LogP contribution in [-0.2, 0) is 17.1 Å². The van der Waals surface area contributed by atoms with E-state index in [4.69, 9.17) is 0 Å². The molecule has 0 unspecified atom stereocenters. The molecule has 3 rings (SSSR count). The Bertz CT molecular complexity index is 1090. The normalized spacial score (nSPS) is 12.0. The molecular formula is C21H13F6NO2. The molecule has 0 radical (unpaired) electrons. The molecule has 9 heteroatoms. The SMILES string of the molecule is COC(=O)c1cc(-c2cccc(C(F)(F)F)c2)cnc1-c1cccc(C(F)(F)F)c1. The van der Waals surface area contributed by atoms with Crippen LogP contribution in [0.1, 0.15) is 21.5 Å². The molecule has 1 aromatic heterocycles. The molecule has 0 aliphatic carbocycles. The summed E-state index contributed by atoms with van der Waals surface area (Å²) in [5.74, 6) is -0.885. The Hall–Kier alpha value is -3.36. The lowest BCUT2D eigenvalue weighted by atomic mass is 9.98. The van der Waals surface area contributed by atoms with E-state index in [1.165, 1.54) is 36.5 Å². The summed E-state index contributed by atoms with van der Waals surface area (Å²) in [7, 11) is 1.08. The molecule has 3 aromatic rings. The van der Waals surface area contributed by atoms with E-state index in [0.717, 1.165) is 31.4 Å². The molecule has 2 aromatic carbocycles. The smallest absolute Gasteiger partial charge is 0.416 e. The fourth-order valence-electron chi connectivity index (χ4n) is 2.84. The monoisotopic (exact) mass is 425 g/mol. The number of halogens is 6. The highest BCUT2D eigenvalue weighted by Gasteiger charge is 2.32. The van der Waals surface area contributed by atoms with Crippen LogP contribution in [0, 0.1) is 0 Å². The Morgan fingerprint density at radius 2 is 1.33 bits per heavy atom. The summed E-state index contributed by atoms with van der Waals surface area (Å²) in [5, 5.41) is 0. The third kappa shape index (κ3) is 4.45. The molecule has 0 saturated carbocycles. The van der Waals surface area contributed by atoms with Crippen LogP contribution in [0.3, 0.4) is 0 Å². The maximum absolute atomic E-state index is 13.0. The lowest BCUT2D eigenvalue weighted by Gasteiger charge is -2.13. The Kier molecular flexibility index (Phi) is 5.56. The maximum Gasteiger partial charge on any atom is 0.416 e. The van der Waals surface area contributed by atoms with Gasteiger partial charge in [-0.1, -0.05) is 24.3 Å². The van der Waals surface area contributed by atoms with Crippen LogP contribution in [-0.4, -0.2) is 18.1 Å². The van der Waals surface area contributed by atoms with Gasteiger partial charge < -0.3 is 4.74 Å². The molecule has 0 saturated heterocycles. The fraction of sp³-hybridized carbons (Fsp3) is 0.143. The van der Waals surface area contributed by atoms with Gasteiger partial charge in [0, 0.05) is 17.3 Å². The molecule has 3 nitrogen and oxygen atoms in total. The second-order valence-corrected chi connectivity index (χ2v) is 6.27. The van der Waals surface area contributed by atoms with Crippen LogP contribution in [0.2, 0.25) is 0 Å². The van der Waals surface area contributed by atoms with Crippen LogP contribution < -0.4 is 0 Å². The Morgan fingerprint density at radius 1 is 0.800 bits per heavy atom. The first-order chi connectivity index (χ1) is 14.0. The molecule has 30 heavy (non-hydrogen) atoms. The van der Waals surface area contributed by atoms with Gasteiger partial charge in [0.05, 0.1) is 29.5 Å². The second-order valence-electron chi connectivity index (χ2n) is 6.27. The number of hydrogen-bond acceptors (Lipinski definition) is 3. The van der Waals surface area contributed by atoms with E-state index in [-0.39, 0.29) is 27.9 Å². The average Bonchev–Trinajstić information content (AvgIpc) is 2.71. The van der Waals surface area contributed by atoms with Gasteiger partial charge in [0.1, 0.15) is 0 Å². The van der Waals surface area contributed by atoms with Crippen molar-refractivity contribution < 1.29 is 35.9 Å². The van der Waals surface area contributed by atoms with Gasteiger partial charge in [0.25, 0.3) is 0 Å². The van der Waals surface area contributed by atoms with Gasteiger partial charge in [-0.3, -0.25) is 4.98 Å². The average molecular weight is 425 g/mol. The highest BCUT2D eigenvalue weighted by Crippen LogP contribution is 2.35. The van der Waals surface area contributed by atoms with E-state index in [0.29, 0.717) is 0 Å². The standard InChI is InChI=1S/C21H13F6NO2/c1-30-19(29)17-10-14(12-4-2-6-15(8-12)20(22,23)24)11-28-18(17)13-5-3-7-16(9-13)21(25,26)27/h2-11H,1H3. The summed E-state index contributed by atoms with van der Waals surface area (Å²) in [4.78, 5) is 16.3. The minimum absolute atomic E-state index is 0.0146. The van der Waals surface area contributed by atoms with Crippen molar-refractivity contribution in [3.63, 3.8) is 0 Å². The summed E-state index contributed by atoms with van der Waals surface area (Å²) in [6, 6.07) is 9.85. The third-order valence-electron chi connectivity index (χ3n) is 4.28. The van der Waals surface area contributed by atoms with Crippen LogP contribution >= 0.6 is 0 Å². The Morgan fingerprint density at radius 3 is 1.87 bits per heavy atom. The zero-order chi connectivity index (χ0) is 22.1. The van der Waals surface area contributed by atoms with E-state index < -0.39 is 29.4 Å². The molecule has 0 aliphatic heterocycles. The van der Waals surface area contributed by atoms with Gasteiger partial charge >= 0.3 is 18.3 Å². The topological polar surface area (TPSA) is 39.2 Å². The number of ether oxygens (including phenoxy) is 1. The van der Waals surface area contributed by atoms with Crippen molar-refractivity contribution in [3.8, 4) is 22.4 Å². The zero-order valence-corrected chi connectivity index (χ0v) is 15.3. The van der Waals surface area contributed by atoms with Crippen LogP contribution in [0.4, 0.5) is 26.3 Å². The predicted molar refractivity (Wildman–Crippen MR) is 96.5 cm³/mol. The molecule has 0 amide bonds. The van der Waals surface area contributed by atoms with Crippen molar-refractivity contribution in [2.24, 2.45) is 0 Å². The molecule has 0 N–H and O–H groups in total. The zero-order valence-electron chi connectivity index (χ0n) is 15.3. The third-order valence-corrected chi connectivity index (χ3v) is 4.28. The summed E-state index contributed by atoms with van der Waals surface area (Å²) >= 11 is 0. The van der Waals surface area contributed by atoms with Crippen molar-refractivity contribution in [1.82, 2.24) is 4.98 Å². The number of carbonyl (C=O) groups excluding carboxylic acids is 1. The van der Waals surface area contributed by atoms with E-state index in [1.54, 1.807) is 0 Å². The molecule has 0 bridgehead atoms. The lowest BCUT2D eigenvalue weighted by Crippen LogP contribution is -2.08. The summed E-state index contributed by atoms with van der Waals surface area (Å²) in [6.07, 6.45) is -7.97. The number of rotatable bonds is 3. The number of alkyl halides is 6. The number of esters is 1. The molecule has 0 atom stereocenters. The highest BCUT2D eigenvalue weighted by molar-refractivity contribution is 5.97. The fourth-order valence-corrected chi connectivity index (χ4v) is 2.84. The molecule has 0 fully saturated rings. The lowest BCUT2D eigenvalue weighted by molar-refractivity contribution is -0.138. The number of benzene rings is 2.